The zero-order valence-electron chi connectivity index (χ0n) is 9.29. The van der Waals surface area contributed by atoms with Gasteiger partial charge in [0.1, 0.15) is 5.01 Å². The molecule has 15 heavy (non-hydrogen) atoms. The Morgan fingerprint density at radius 3 is 3.13 bits per heavy atom. The van der Waals surface area contributed by atoms with Crippen LogP contribution in [0.1, 0.15) is 17.6 Å². The minimum absolute atomic E-state index is 0.667. The van der Waals surface area contributed by atoms with Crippen LogP contribution in [-0.4, -0.2) is 30.0 Å². The fourth-order valence-corrected chi connectivity index (χ4v) is 1.98. The van der Waals surface area contributed by atoms with Gasteiger partial charge in [-0.15, -0.1) is 17.8 Å². The average Bonchev–Trinajstić information content (AvgIpc) is 2.63. The molecule has 0 bridgehead atoms. The Balaban J connectivity index is 2.42. The quantitative estimate of drug-likeness (QED) is 0.737. The van der Waals surface area contributed by atoms with Crippen molar-refractivity contribution in [2.75, 3.05) is 20.1 Å². The first-order valence-corrected chi connectivity index (χ1v) is 5.90. The third-order valence-corrected chi connectivity index (χ3v) is 2.82. The molecule has 0 saturated carbocycles. The van der Waals surface area contributed by atoms with Gasteiger partial charge >= 0.3 is 0 Å². The topological polar surface area (TPSA) is 28.2 Å². The first-order valence-electron chi connectivity index (χ1n) is 5.02. The molecular weight excluding hydrogens is 206 g/mol. The minimum Gasteiger partial charge on any atom is -0.311 e. The van der Waals surface area contributed by atoms with Gasteiger partial charge in [0, 0.05) is 18.5 Å². The summed E-state index contributed by atoms with van der Waals surface area (Å²) in [5.74, 6) is 2.62. The Bertz CT molecular complexity index is 327. The molecule has 0 spiro atoms. The standard InChI is InChI=1S/C11H17N3S/c1-4-6-14(3)8-10-9-15-11(13-10)7-12-5-2/h1,9,12H,5-8H2,2-3H3. The van der Waals surface area contributed by atoms with Gasteiger partial charge in [-0.3, -0.25) is 4.90 Å². The van der Waals surface area contributed by atoms with Crippen LogP contribution in [-0.2, 0) is 13.1 Å². The summed E-state index contributed by atoms with van der Waals surface area (Å²) < 4.78 is 0. The lowest BCUT2D eigenvalue weighted by Crippen LogP contribution is -2.18. The normalized spacial score (nSPS) is 10.5. The largest absolute Gasteiger partial charge is 0.311 e. The molecule has 1 aromatic heterocycles. The van der Waals surface area contributed by atoms with Gasteiger partial charge in [0.15, 0.2) is 0 Å². The van der Waals surface area contributed by atoms with E-state index in [1.165, 1.54) is 0 Å². The molecule has 1 heterocycles. The van der Waals surface area contributed by atoms with Crippen molar-refractivity contribution >= 4 is 11.3 Å². The molecule has 1 rings (SSSR count). The number of hydrogen-bond donors (Lipinski definition) is 1. The lowest BCUT2D eigenvalue weighted by Gasteiger charge is -2.10. The summed E-state index contributed by atoms with van der Waals surface area (Å²) >= 11 is 1.70. The van der Waals surface area contributed by atoms with Crippen LogP contribution in [0.5, 0.6) is 0 Å². The molecule has 0 aliphatic carbocycles. The molecule has 1 aromatic rings. The summed E-state index contributed by atoms with van der Waals surface area (Å²) in [7, 11) is 2.00. The molecule has 0 fully saturated rings. The van der Waals surface area contributed by atoms with Crippen molar-refractivity contribution in [2.24, 2.45) is 0 Å². The number of nitrogens with one attached hydrogen (secondary N) is 1. The van der Waals surface area contributed by atoms with Crippen molar-refractivity contribution in [1.29, 1.82) is 0 Å². The second-order valence-corrected chi connectivity index (χ2v) is 4.33. The van der Waals surface area contributed by atoms with E-state index < -0.39 is 0 Å². The molecule has 4 heteroatoms. The van der Waals surface area contributed by atoms with Crippen molar-refractivity contribution < 1.29 is 0 Å². The maximum absolute atomic E-state index is 5.23. The van der Waals surface area contributed by atoms with Crippen molar-refractivity contribution in [3.63, 3.8) is 0 Å². The third kappa shape index (κ3) is 4.43. The van der Waals surface area contributed by atoms with Crippen LogP contribution in [0.2, 0.25) is 0 Å². The van der Waals surface area contributed by atoms with Gasteiger partial charge in [-0.05, 0) is 13.6 Å². The maximum Gasteiger partial charge on any atom is 0.107 e. The molecule has 0 unspecified atom stereocenters. The Hall–Kier alpha value is -0.890. The highest BCUT2D eigenvalue weighted by molar-refractivity contribution is 7.09. The summed E-state index contributed by atoms with van der Waals surface area (Å²) in [5, 5.41) is 6.50. The van der Waals surface area contributed by atoms with Crippen molar-refractivity contribution in [2.45, 2.75) is 20.0 Å². The zero-order chi connectivity index (χ0) is 11.1. The number of terminal acetylenes is 1. The van der Waals surface area contributed by atoms with Crippen LogP contribution < -0.4 is 5.32 Å². The van der Waals surface area contributed by atoms with Gasteiger partial charge < -0.3 is 5.32 Å². The fraction of sp³-hybridized carbons (Fsp3) is 0.545. The molecule has 0 aromatic carbocycles. The smallest absolute Gasteiger partial charge is 0.107 e. The SMILES string of the molecule is C#CCN(C)Cc1csc(CNCC)n1. The van der Waals surface area contributed by atoms with Gasteiger partial charge in [-0.2, -0.15) is 0 Å². The molecule has 0 atom stereocenters. The lowest BCUT2D eigenvalue weighted by atomic mass is 10.4. The highest BCUT2D eigenvalue weighted by atomic mass is 32.1. The van der Waals surface area contributed by atoms with E-state index in [9.17, 15) is 0 Å². The molecule has 82 valence electrons. The first-order chi connectivity index (χ1) is 7.26. The van der Waals surface area contributed by atoms with E-state index in [1.54, 1.807) is 11.3 Å². The predicted octanol–water partition coefficient (Wildman–Crippen LogP) is 1.32. The van der Waals surface area contributed by atoms with E-state index in [2.05, 4.69) is 33.4 Å². The number of rotatable bonds is 6. The second-order valence-electron chi connectivity index (χ2n) is 3.39. The van der Waals surface area contributed by atoms with Crippen molar-refractivity contribution in [3.05, 3.63) is 16.1 Å². The highest BCUT2D eigenvalue weighted by Gasteiger charge is 2.03. The number of thiazole rings is 1. The Labute approximate surface area is 95.5 Å². The Morgan fingerprint density at radius 1 is 1.67 bits per heavy atom. The van der Waals surface area contributed by atoms with E-state index in [-0.39, 0.29) is 0 Å². The Morgan fingerprint density at radius 2 is 2.47 bits per heavy atom. The summed E-state index contributed by atoms with van der Waals surface area (Å²) in [6.45, 7) is 5.42. The average molecular weight is 223 g/mol. The minimum atomic E-state index is 0.667. The van der Waals surface area contributed by atoms with Crippen LogP contribution in [0.3, 0.4) is 0 Å². The number of aromatic nitrogens is 1. The molecule has 1 N–H and O–H groups in total. The van der Waals surface area contributed by atoms with E-state index in [0.717, 1.165) is 30.3 Å². The van der Waals surface area contributed by atoms with Crippen LogP contribution >= 0.6 is 11.3 Å². The lowest BCUT2D eigenvalue weighted by molar-refractivity contribution is 0.365. The van der Waals surface area contributed by atoms with Gasteiger partial charge in [-0.25, -0.2) is 4.98 Å². The van der Waals surface area contributed by atoms with Crippen molar-refractivity contribution in [1.82, 2.24) is 15.2 Å². The van der Waals surface area contributed by atoms with E-state index in [1.807, 2.05) is 7.05 Å². The van der Waals surface area contributed by atoms with Crippen molar-refractivity contribution in [3.8, 4) is 12.3 Å². The maximum atomic E-state index is 5.23. The number of hydrogen-bond acceptors (Lipinski definition) is 4. The van der Waals surface area contributed by atoms with E-state index in [0.29, 0.717) is 6.54 Å². The van der Waals surface area contributed by atoms with Crippen LogP contribution in [0.15, 0.2) is 5.38 Å². The molecule has 0 saturated heterocycles. The van der Waals surface area contributed by atoms with Gasteiger partial charge in [-0.1, -0.05) is 12.8 Å². The molecule has 3 nitrogen and oxygen atoms in total. The van der Waals surface area contributed by atoms with E-state index in [4.69, 9.17) is 6.42 Å². The Kier molecular flexibility index (Phi) is 5.33. The molecular formula is C11H17N3S. The fourth-order valence-electron chi connectivity index (χ4n) is 1.22. The molecule has 0 radical (unpaired) electrons. The summed E-state index contributed by atoms with van der Waals surface area (Å²) in [6.07, 6.45) is 5.23. The van der Waals surface area contributed by atoms with Gasteiger partial charge in [0.2, 0.25) is 0 Å². The zero-order valence-corrected chi connectivity index (χ0v) is 10.1. The first kappa shape index (κ1) is 12.2. The highest BCUT2D eigenvalue weighted by Crippen LogP contribution is 2.10. The molecule has 0 amide bonds. The molecule has 0 aliphatic rings. The predicted molar refractivity (Wildman–Crippen MR) is 64.7 cm³/mol. The summed E-state index contributed by atoms with van der Waals surface area (Å²) in [4.78, 5) is 6.59. The summed E-state index contributed by atoms with van der Waals surface area (Å²) in [6, 6.07) is 0. The third-order valence-electron chi connectivity index (χ3n) is 1.92. The number of nitrogens with zero attached hydrogens (tertiary/aromatic N) is 2. The van der Waals surface area contributed by atoms with Crippen LogP contribution in [0.25, 0.3) is 0 Å². The molecule has 0 aliphatic heterocycles. The monoisotopic (exact) mass is 223 g/mol. The van der Waals surface area contributed by atoms with Crippen LogP contribution in [0, 0.1) is 12.3 Å². The van der Waals surface area contributed by atoms with Gasteiger partial charge in [0.25, 0.3) is 0 Å². The second kappa shape index (κ2) is 6.57. The van der Waals surface area contributed by atoms with Crippen LogP contribution in [0.4, 0.5) is 0 Å². The summed E-state index contributed by atoms with van der Waals surface area (Å²) in [5.41, 5.74) is 1.10. The van der Waals surface area contributed by atoms with E-state index >= 15 is 0 Å². The van der Waals surface area contributed by atoms with Gasteiger partial charge in [0.05, 0.1) is 12.2 Å².